The third kappa shape index (κ3) is 3.76. The summed E-state index contributed by atoms with van der Waals surface area (Å²) in [5.74, 6) is -0.0583. The lowest BCUT2D eigenvalue weighted by Gasteiger charge is -2.37. The van der Waals surface area contributed by atoms with Gasteiger partial charge in [0.15, 0.2) is 0 Å². The summed E-state index contributed by atoms with van der Waals surface area (Å²) in [6.07, 6.45) is 6.32. The second-order valence-corrected chi connectivity index (χ2v) is 6.93. The highest BCUT2D eigenvalue weighted by molar-refractivity contribution is 5.85. The molecule has 1 saturated heterocycles. The zero-order chi connectivity index (χ0) is 15.5. The quantitative estimate of drug-likeness (QED) is 0.759. The Morgan fingerprint density at radius 1 is 1.33 bits per heavy atom. The van der Waals surface area contributed by atoms with E-state index in [0.717, 1.165) is 38.8 Å². The van der Waals surface area contributed by atoms with Gasteiger partial charge in [0.25, 0.3) is 0 Å². The summed E-state index contributed by atoms with van der Waals surface area (Å²) in [6, 6.07) is 0.676. The van der Waals surface area contributed by atoms with Crippen molar-refractivity contribution in [1.82, 2.24) is 9.80 Å². The molecule has 0 spiro atoms. The van der Waals surface area contributed by atoms with E-state index in [1.54, 1.807) is 0 Å². The molecule has 2 atom stereocenters. The fourth-order valence-electron chi connectivity index (χ4n) is 4.05. The first-order valence-electron chi connectivity index (χ1n) is 8.48. The predicted molar refractivity (Wildman–Crippen MR) is 85.8 cm³/mol. The highest BCUT2D eigenvalue weighted by Gasteiger charge is 2.44. The molecule has 1 saturated carbocycles. The number of nitrogens with two attached hydrogens (primary N) is 2. The van der Waals surface area contributed by atoms with Gasteiger partial charge in [-0.15, -0.1) is 0 Å². The van der Waals surface area contributed by atoms with Crippen molar-refractivity contribution >= 4 is 5.91 Å². The van der Waals surface area contributed by atoms with E-state index in [0.29, 0.717) is 6.04 Å². The number of hydrogen-bond donors (Lipinski definition) is 2. The molecule has 1 amide bonds. The minimum atomic E-state index is -0.758. The van der Waals surface area contributed by atoms with Crippen molar-refractivity contribution in [2.45, 2.75) is 57.0 Å². The average Bonchev–Trinajstić information content (AvgIpc) is 2.87. The maximum atomic E-state index is 11.6. The van der Waals surface area contributed by atoms with Crippen LogP contribution in [0.25, 0.3) is 0 Å². The van der Waals surface area contributed by atoms with E-state index in [1.165, 1.54) is 25.9 Å². The first kappa shape index (κ1) is 16.7. The molecule has 2 unspecified atom stereocenters. The Morgan fingerprint density at radius 2 is 2.00 bits per heavy atom. The zero-order valence-electron chi connectivity index (χ0n) is 13.7. The van der Waals surface area contributed by atoms with Crippen molar-refractivity contribution in [2.75, 3.05) is 33.2 Å². The van der Waals surface area contributed by atoms with Crippen LogP contribution in [0.5, 0.6) is 0 Å². The molecule has 5 nitrogen and oxygen atoms in total. The van der Waals surface area contributed by atoms with Crippen molar-refractivity contribution in [1.29, 1.82) is 0 Å². The molecular weight excluding hydrogens is 264 g/mol. The lowest BCUT2D eigenvalue weighted by atomic mass is 9.84. The first-order chi connectivity index (χ1) is 9.97. The normalized spacial score (nSPS) is 31.9. The van der Waals surface area contributed by atoms with Crippen LogP contribution in [0.1, 0.15) is 45.4 Å². The molecule has 4 N–H and O–H groups in total. The van der Waals surface area contributed by atoms with Crippen LogP contribution in [-0.4, -0.2) is 60.5 Å². The lowest BCUT2D eigenvalue weighted by molar-refractivity contribution is -0.124. The summed E-state index contributed by atoms with van der Waals surface area (Å²) in [7, 11) is 2.21. The van der Waals surface area contributed by atoms with E-state index >= 15 is 0 Å². The van der Waals surface area contributed by atoms with Crippen LogP contribution in [0.2, 0.25) is 0 Å². The summed E-state index contributed by atoms with van der Waals surface area (Å²) in [5, 5.41) is 0. The van der Waals surface area contributed by atoms with Crippen LogP contribution in [0.3, 0.4) is 0 Å². The van der Waals surface area contributed by atoms with E-state index in [1.807, 2.05) is 0 Å². The van der Waals surface area contributed by atoms with Crippen molar-refractivity contribution in [3.63, 3.8) is 0 Å². The standard InChI is InChI=1S/C16H32N4O/c1-3-20-11-7-14(8-12-20)19(2)10-6-13-5-4-9-16(13,18)15(17)21/h13-14H,3-12,18H2,1-2H3,(H2,17,21). The molecule has 1 aliphatic heterocycles. The van der Waals surface area contributed by atoms with E-state index in [-0.39, 0.29) is 11.8 Å². The largest absolute Gasteiger partial charge is 0.368 e. The summed E-state index contributed by atoms with van der Waals surface area (Å²) < 4.78 is 0. The molecule has 0 radical (unpaired) electrons. The van der Waals surface area contributed by atoms with Crippen molar-refractivity contribution in [3.8, 4) is 0 Å². The summed E-state index contributed by atoms with van der Waals surface area (Å²) in [5.41, 5.74) is 11.0. The zero-order valence-corrected chi connectivity index (χ0v) is 13.7. The summed E-state index contributed by atoms with van der Waals surface area (Å²) in [4.78, 5) is 16.6. The van der Waals surface area contributed by atoms with Gasteiger partial charge in [0.05, 0.1) is 5.54 Å². The van der Waals surface area contributed by atoms with Gasteiger partial charge in [-0.1, -0.05) is 13.3 Å². The fraction of sp³-hybridized carbons (Fsp3) is 0.938. The second kappa shape index (κ2) is 7.07. The molecule has 1 heterocycles. The Morgan fingerprint density at radius 3 is 2.57 bits per heavy atom. The van der Waals surface area contributed by atoms with Gasteiger partial charge in [-0.3, -0.25) is 4.79 Å². The second-order valence-electron chi connectivity index (χ2n) is 6.93. The topological polar surface area (TPSA) is 75.6 Å². The van der Waals surface area contributed by atoms with E-state index in [9.17, 15) is 4.79 Å². The number of amides is 1. The minimum absolute atomic E-state index is 0.258. The van der Waals surface area contributed by atoms with Gasteiger partial charge in [0, 0.05) is 6.04 Å². The highest BCUT2D eigenvalue weighted by atomic mass is 16.1. The van der Waals surface area contributed by atoms with Gasteiger partial charge in [0.2, 0.25) is 5.91 Å². The Kier molecular flexibility index (Phi) is 5.63. The van der Waals surface area contributed by atoms with Gasteiger partial charge >= 0.3 is 0 Å². The minimum Gasteiger partial charge on any atom is -0.368 e. The molecule has 2 fully saturated rings. The van der Waals surface area contributed by atoms with Gasteiger partial charge in [-0.25, -0.2) is 0 Å². The van der Waals surface area contributed by atoms with Crippen LogP contribution in [0.4, 0.5) is 0 Å². The van der Waals surface area contributed by atoms with Crippen LogP contribution < -0.4 is 11.5 Å². The van der Waals surface area contributed by atoms with Gasteiger partial charge in [-0.2, -0.15) is 0 Å². The third-order valence-corrected chi connectivity index (χ3v) is 5.79. The number of carbonyl (C=O) groups excluding carboxylic acids is 1. The van der Waals surface area contributed by atoms with Crippen molar-refractivity contribution in [3.05, 3.63) is 0 Å². The molecule has 0 aromatic heterocycles. The first-order valence-corrected chi connectivity index (χ1v) is 8.48. The molecule has 5 heteroatoms. The maximum absolute atomic E-state index is 11.6. The fourth-order valence-corrected chi connectivity index (χ4v) is 4.05. The molecule has 2 rings (SSSR count). The number of primary amides is 1. The predicted octanol–water partition coefficient (Wildman–Crippen LogP) is 0.776. The molecule has 21 heavy (non-hydrogen) atoms. The number of rotatable bonds is 6. The summed E-state index contributed by atoms with van der Waals surface area (Å²) >= 11 is 0. The number of hydrogen-bond acceptors (Lipinski definition) is 4. The Labute approximate surface area is 129 Å². The third-order valence-electron chi connectivity index (χ3n) is 5.79. The smallest absolute Gasteiger partial charge is 0.237 e. The van der Waals surface area contributed by atoms with Gasteiger partial charge < -0.3 is 21.3 Å². The van der Waals surface area contributed by atoms with Gasteiger partial charge in [0.1, 0.15) is 0 Å². The van der Waals surface area contributed by atoms with Crippen LogP contribution >= 0.6 is 0 Å². The average molecular weight is 296 g/mol. The number of nitrogens with zero attached hydrogens (tertiary/aromatic N) is 2. The molecule has 1 aliphatic carbocycles. The molecule has 0 aromatic carbocycles. The van der Waals surface area contributed by atoms with Crippen LogP contribution in [-0.2, 0) is 4.79 Å². The molecular formula is C16H32N4O. The van der Waals surface area contributed by atoms with E-state index < -0.39 is 5.54 Å². The van der Waals surface area contributed by atoms with Crippen molar-refractivity contribution < 1.29 is 4.79 Å². The molecule has 122 valence electrons. The SMILES string of the molecule is CCN1CCC(N(C)CCC2CCCC2(N)C(N)=O)CC1. The van der Waals surface area contributed by atoms with Crippen molar-refractivity contribution in [2.24, 2.45) is 17.4 Å². The number of piperidine rings is 1. The van der Waals surface area contributed by atoms with Gasteiger partial charge in [-0.05, 0) is 71.2 Å². The highest BCUT2D eigenvalue weighted by Crippen LogP contribution is 2.36. The molecule has 2 aliphatic rings. The van der Waals surface area contributed by atoms with E-state index in [2.05, 4.69) is 23.8 Å². The molecule has 0 bridgehead atoms. The Bertz CT molecular complexity index is 354. The summed E-state index contributed by atoms with van der Waals surface area (Å²) in [6.45, 7) is 6.82. The van der Waals surface area contributed by atoms with Crippen LogP contribution in [0.15, 0.2) is 0 Å². The monoisotopic (exact) mass is 296 g/mol. The molecule has 0 aromatic rings. The number of likely N-dealkylation sites (tertiary alicyclic amines) is 1. The Balaban J connectivity index is 1.79. The Hall–Kier alpha value is -0.650. The number of carbonyl (C=O) groups is 1. The van der Waals surface area contributed by atoms with E-state index in [4.69, 9.17) is 11.5 Å². The lowest BCUT2D eigenvalue weighted by Crippen LogP contribution is -2.55. The van der Waals surface area contributed by atoms with Crippen LogP contribution in [0, 0.1) is 5.92 Å². The maximum Gasteiger partial charge on any atom is 0.237 e.